The van der Waals surface area contributed by atoms with Crippen molar-refractivity contribution in [3.63, 3.8) is 0 Å². The lowest BCUT2D eigenvalue weighted by atomic mass is 9.88. The van der Waals surface area contributed by atoms with E-state index in [9.17, 15) is 4.79 Å². The third kappa shape index (κ3) is 3.50. The Labute approximate surface area is 173 Å². The molecule has 150 valence electrons. The van der Waals surface area contributed by atoms with Crippen LogP contribution in [-0.2, 0) is 11.2 Å². The highest BCUT2D eigenvalue weighted by molar-refractivity contribution is 5.93. The summed E-state index contributed by atoms with van der Waals surface area (Å²) in [6.07, 6.45) is 4.36. The van der Waals surface area contributed by atoms with Gasteiger partial charge in [0.25, 0.3) is 11.6 Å². The van der Waals surface area contributed by atoms with E-state index in [0.29, 0.717) is 16.8 Å². The molecule has 7 heteroatoms. The van der Waals surface area contributed by atoms with Gasteiger partial charge in [-0.05, 0) is 30.4 Å². The molecule has 2 heterocycles. The summed E-state index contributed by atoms with van der Waals surface area (Å²) in [4.78, 5) is 20.9. The van der Waals surface area contributed by atoms with Crippen LogP contribution in [0.2, 0.25) is 0 Å². The van der Waals surface area contributed by atoms with Gasteiger partial charge in [-0.2, -0.15) is 4.98 Å². The Bertz CT molecular complexity index is 1190. The lowest BCUT2D eigenvalue weighted by Crippen LogP contribution is -2.34. The van der Waals surface area contributed by atoms with Crippen molar-refractivity contribution in [1.29, 1.82) is 0 Å². The van der Waals surface area contributed by atoms with E-state index in [2.05, 4.69) is 32.6 Å². The number of aryl methyl sites for hydroxylation is 1. The maximum Gasteiger partial charge on any atom is 0.265 e. The van der Waals surface area contributed by atoms with Gasteiger partial charge in [-0.1, -0.05) is 59.8 Å². The van der Waals surface area contributed by atoms with Gasteiger partial charge < -0.3 is 14.6 Å². The van der Waals surface area contributed by atoms with Crippen LogP contribution in [-0.4, -0.2) is 27.6 Å². The standard InChI is InChI=1S/C23H20N4O3/c28-19(26-18-12-6-10-15-7-4-5-11-17(15)18)13-29-22-20-21(16-8-2-1-3-9-16)27-30-23(20)25-14-24-22/h1-5,7-9,11,14,18H,6,10,12-13H2,(H,26,28)/t18-/m0/s1. The number of amides is 1. The molecule has 1 amide bonds. The molecule has 1 atom stereocenters. The first kappa shape index (κ1) is 18.3. The number of nitrogens with one attached hydrogen (secondary N) is 1. The third-order valence-electron chi connectivity index (χ3n) is 5.33. The summed E-state index contributed by atoms with van der Waals surface area (Å²) in [6.45, 7) is -0.149. The van der Waals surface area contributed by atoms with Gasteiger partial charge in [0.15, 0.2) is 6.61 Å². The predicted molar refractivity (Wildman–Crippen MR) is 111 cm³/mol. The molecule has 7 nitrogen and oxygen atoms in total. The summed E-state index contributed by atoms with van der Waals surface area (Å²) >= 11 is 0. The van der Waals surface area contributed by atoms with E-state index < -0.39 is 0 Å². The Kier molecular flexibility index (Phi) is 4.85. The van der Waals surface area contributed by atoms with E-state index >= 15 is 0 Å². The quantitative estimate of drug-likeness (QED) is 0.547. The number of carbonyl (C=O) groups is 1. The summed E-state index contributed by atoms with van der Waals surface area (Å²) in [5.41, 5.74) is 4.25. The van der Waals surface area contributed by atoms with Crippen molar-refractivity contribution < 1.29 is 14.1 Å². The predicted octanol–water partition coefficient (Wildman–Crippen LogP) is 3.86. The van der Waals surface area contributed by atoms with Crippen LogP contribution in [0, 0.1) is 0 Å². The zero-order valence-corrected chi connectivity index (χ0v) is 16.2. The molecular weight excluding hydrogens is 380 g/mol. The molecule has 0 saturated heterocycles. The first-order chi connectivity index (χ1) is 14.8. The lowest BCUT2D eigenvalue weighted by Gasteiger charge is -2.26. The van der Waals surface area contributed by atoms with Crippen LogP contribution in [0.4, 0.5) is 0 Å². The summed E-state index contributed by atoms with van der Waals surface area (Å²) in [5.74, 6) is 0.0838. The molecule has 0 radical (unpaired) electrons. The normalized spacial score (nSPS) is 15.5. The molecule has 1 N–H and O–H groups in total. The summed E-state index contributed by atoms with van der Waals surface area (Å²) in [5, 5.41) is 7.76. The average molecular weight is 400 g/mol. The van der Waals surface area contributed by atoms with E-state index in [1.165, 1.54) is 17.5 Å². The Balaban J connectivity index is 1.34. The second-order valence-electron chi connectivity index (χ2n) is 7.26. The molecule has 0 aliphatic heterocycles. The van der Waals surface area contributed by atoms with E-state index in [-0.39, 0.29) is 24.4 Å². The van der Waals surface area contributed by atoms with Crippen molar-refractivity contribution in [2.45, 2.75) is 25.3 Å². The average Bonchev–Trinajstić information content (AvgIpc) is 3.23. The van der Waals surface area contributed by atoms with Crippen molar-refractivity contribution in [3.05, 3.63) is 72.1 Å². The zero-order chi connectivity index (χ0) is 20.3. The molecule has 1 aliphatic rings. The van der Waals surface area contributed by atoms with Gasteiger partial charge in [0.05, 0.1) is 6.04 Å². The highest BCUT2D eigenvalue weighted by Crippen LogP contribution is 2.32. The number of hydrogen-bond acceptors (Lipinski definition) is 6. The van der Waals surface area contributed by atoms with Crippen LogP contribution in [0.15, 0.2) is 65.4 Å². The third-order valence-corrected chi connectivity index (χ3v) is 5.33. The number of fused-ring (bicyclic) bond motifs is 2. The Morgan fingerprint density at radius 3 is 2.83 bits per heavy atom. The number of rotatable bonds is 5. The monoisotopic (exact) mass is 400 g/mol. The van der Waals surface area contributed by atoms with Gasteiger partial charge in [0, 0.05) is 5.56 Å². The second-order valence-corrected chi connectivity index (χ2v) is 7.26. The molecule has 0 unspecified atom stereocenters. The number of nitrogens with zero attached hydrogens (tertiary/aromatic N) is 3. The molecule has 0 spiro atoms. The Morgan fingerprint density at radius 1 is 1.10 bits per heavy atom. The number of ether oxygens (including phenoxy) is 1. The van der Waals surface area contributed by atoms with E-state index in [4.69, 9.17) is 9.26 Å². The molecule has 0 saturated carbocycles. The number of hydrogen-bond donors (Lipinski definition) is 1. The first-order valence-electron chi connectivity index (χ1n) is 9.95. The van der Waals surface area contributed by atoms with Crippen molar-refractivity contribution in [1.82, 2.24) is 20.4 Å². The second kappa shape index (κ2) is 7.94. The summed E-state index contributed by atoms with van der Waals surface area (Å²) in [6, 6.07) is 17.8. The van der Waals surface area contributed by atoms with Gasteiger partial charge in [-0.15, -0.1) is 0 Å². The van der Waals surface area contributed by atoms with Crippen molar-refractivity contribution in [2.24, 2.45) is 0 Å². The molecule has 0 bridgehead atoms. The fourth-order valence-corrected chi connectivity index (χ4v) is 3.94. The SMILES string of the molecule is O=C(COc1ncnc2onc(-c3ccccc3)c12)N[C@H]1CCCc2ccccc21. The molecule has 2 aromatic carbocycles. The minimum atomic E-state index is -0.193. The maximum atomic E-state index is 12.6. The van der Waals surface area contributed by atoms with Crippen LogP contribution < -0.4 is 10.1 Å². The van der Waals surface area contributed by atoms with Crippen LogP contribution in [0.25, 0.3) is 22.4 Å². The number of carbonyl (C=O) groups excluding carboxylic acids is 1. The van der Waals surface area contributed by atoms with E-state index in [1.54, 1.807) is 0 Å². The zero-order valence-electron chi connectivity index (χ0n) is 16.2. The molecule has 30 heavy (non-hydrogen) atoms. The molecule has 0 fully saturated rings. The fourth-order valence-electron chi connectivity index (χ4n) is 3.94. The summed E-state index contributed by atoms with van der Waals surface area (Å²) < 4.78 is 11.1. The van der Waals surface area contributed by atoms with Gasteiger partial charge in [0.2, 0.25) is 5.88 Å². The number of benzene rings is 2. The van der Waals surface area contributed by atoms with Crippen LogP contribution in [0.3, 0.4) is 0 Å². The topological polar surface area (TPSA) is 90.1 Å². The van der Waals surface area contributed by atoms with Gasteiger partial charge in [-0.3, -0.25) is 4.79 Å². The van der Waals surface area contributed by atoms with Crippen LogP contribution in [0.5, 0.6) is 5.88 Å². The van der Waals surface area contributed by atoms with Crippen molar-refractivity contribution in [2.75, 3.05) is 6.61 Å². The van der Waals surface area contributed by atoms with E-state index in [1.807, 2.05) is 42.5 Å². The largest absolute Gasteiger partial charge is 0.467 e. The minimum absolute atomic E-state index is 0.00643. The fraction of sp³-hybridized carbons (Fsp3) is 0.217. The minimum Gasteiger partial charge on any atom is -0.467 e. The smallest absolute Gasteiger partial charge is 0.265 e. The van der Waals surface area contributed by atoms with Crippen molar-refractivity contribution in [3.8, 4) is 17.1 Å². The summed E-state index contributed by atoms with van der Waals surface area (Å²) in [7, 11) is 0. The van der Waals surface area contributed by atoms with Gasteiger partial charge >= 0.3 is 0 Å². The van der Waals surface area contributed by atoms with Crippen LogP contribution in [0.1, 0.15) is 30.0 Å². The Morgan fingerprint density at radius 2 is 1.93 bits per heavy atom. The van der Waals surface area contributed by atoms with Gasteiger partial charge in [-0.25, -0.2) is 4.98 Å². The Hall–Kier alpha value is -3.74. The first-order valence-corrected chi connectivity index (χ1v) is 9.95. The molecule has 2 aromatic heterocycles. The van der Waals surface area contributed by atoms with Gasteiger partial charge in [0.1, 0.15) is 17.4 Å². The highest BCUT2D eigenvalue weighted by Gasteiger charge is 2.22. The number of aromatic nitrogens is 3. The van der Waals surface area contributed by atoms with E-state index in [0.717, 1.165) is 24.8 Å². The van der Waals surface area contributed by atoms with Crippen molar-refractivity contribution >= 4 is 17.0 Å². The molecule has 1 aliphatic carbocycles. The highest BCUT2D eigenvalue weighted by atomic mass is 16.5. The lowest BCUT2D eigenvalue weighted by molar-refractivity contribution is -0.124. The van der Waals surface area contributed by atoms with Crippen LogP contribution >= 0.6 is 0 Å². The maximum absolute atomic E-state index is 12.6. The molecule has 4 aromatic rings. The molecule has 5 rings (SSSR count). The molecular formula is C23H20N4O3.